The molecule has 1 aromatic carbocycles. The molecule has 9 heteroatoms. The van der Waals surface area contributed by atoms with Crippen molar-refractivity contribution in [3.8, 4) is 0 Å². The second-order valence-electron chi connectivity index (χ2n) is 5.46. The first-order valence-electron chi connectivity index (χ1n) is 7.33. The maximum absolute atomic E-state index is 12.9. The molecule has 132 valence electrons. The molecule has 3 aromatic rings. The summed E-state index contributed by atoms with van der Waals surface area (Å²) < 4.78 is 2.02. The molecule has 2 aromatic heterocycles. The largest absolute Gasteiger partial charge is 0.308 e. The van der Waals surface area contributed by atoms with E-state index in [2.05, 4.69) is 30.9 Å². The van der Waals surface area contributed by atoms with E-state index in [4.69, 9.17) is 0 Å². The minimum absolute atomic E-state index is 0. The Balaban J connectivity index is 0.00000225. The van der Waals surface area contributed by atoms with Gasteiger partial charge in [0.25, 0.3) is 5.91 Å². The second kappa shape index (κ2) is 8.66. The Morgan fingerprint density at radius 2 is 2.04 bits per heavy atom. The Morgan fingerprint density at radius 1 is 1.24 bits per heavy atom. The molecule has 3 rings (SSSR count). The van der Waals surface area contributed by atoms with Crippen LogP contribution in [0.1, 0.15) is 10.5 Å². The molecule has 0 atom stereocenters. The maximum Gasteiger partial charge on any atom is 0.280 e. The van der Waals surface area contributed by atoms with Crippen LogP contribution in [0.3, 0.4) is 0 Å². The van der Waals surface area contributed by atoms with E-state index in [9.17, 15) is 4.79 Å². The van der Waals surface area contributed by atoms with Crippen molar-refractivity contribution in [2.24, 2.45) is 0 Å². The number of aromatic nitrogens is 3. The first kappa shape index (κ1) is 19.7. The number of rotatable bonds is 5. The fraction of sp³-hybridized carbons (Fsp3) is 0.250. The number of anilines is 1. The molecular formula is C16H17BrClN5OS. The fourth-order valence-electron chi connectivity index (χ4n) is 2.13. The molecule has 0 saturated heterocycles. The molecule has 0 aliphatic rings. The monoisotopic (exact) mass is 441 g/mol. The molecule has 0 fully saturated rings. The van der Waals surface area contributed by atoms with Crippen molar-refractivity contribution in [2.75, 3.05) is 32.1 Å². The van der Waals surface area contributed by atoms with Crippen LogP contribution >= 0.6 is 39.7 Å². The van der Waals surface area contributed by atoms with Gasteiger partial charge in [0.15, 0.2) is 5.13 Å². The molecule has 0 unspecified atom stereocenters. The van der Waals surface area contributed by atoms with Gasteiger partial charge in [0.2, 0.25) is 0 Å². The first-order chi connectivity index (χ1) is 11.5. The third-order valence-corrected chi connectivity index (χ3v) is 4.90. The van der Waals surface area contributed by atoms with Crippen LogP contribution < -0.4 is 4.90 Å². The van der Waals surface area contributed by atoms with E-state index < -0.39 is 0 Å². The van der Waals surface area contributed by atoms with Crippen molar-refractivity contribution >= 4 is 60.9 Å². The van der Waals surface area contributed by atoms with E-state index in [0.29, 0.717) is 17.4 Å². The zero-order valence-corrected chi connectivity index (χ0v) is 16.9. The summed E-state index contributed by atoms with van der Waals surface area (Å²) in [6.07, 6.45) is 4.55. The summed E-state index contributed by atoms with van der Waals surface area (Å²) in [4.78, 5) is 29.3. The summed E-state index contributed by atoms with van der Waals surface area (Å²) in [5.41, 5.74) is 1.19. The number of nitrogens with zero attached hydrogens (tertiary/aromatic N) is 5. The predicted molar refractivity (Wildman–Crippen MR) is 107 cm³/mol. The van der Waals surface area contributed by atoms with E-state index in [0.717, 1.165) is 21.2 Å². The van der Waals surface area contributed by atoms with Gasteiger partial charge < -0.3 is 4.90 Å². The van der Waals surface area contributed by atoms with E-state index in [1.165, 1.54) is 23.7 Å². The molecule has 0 saturated carbocycles. The SMILES string of the molecule is CN(C)CCN(C(=O)c1cnccn1)c1nc2ccc(Br)cc2s1.Cl. The van der Waals surface area contributed by atoms with Gasteiger partial charge in [-0.3, -0.25) is 14.7 Å². The highest BCUT2D eigenvalue weighted by Crippen LogP contribution is 2.31. The molecule has 2 heterocycles. The topological polar surface area (TPSA) is 62.2 Å². The summed E-state index contributed by atoms with van der Waals surface area (Å²) >= 11 is 4.96. The molecule has 1 amide bonds. The molecule has 0 aliphatic heterocycles. The molecule has 6 nitrogen and oxygen atoms in total. The van der Waals surface area contributed by atoms with Crippen molar-refractivity contribution in [3.05, 3.63) is 47.0 Å². The smallest absolute Gasteiger partial charge is 0.280 e. The highest BCUT2D eigenvalue weighted by Gasteiger charge is 2.22. The molecule has 0 spiro atoms. The lowest BCUT2D eigenvalue weighted by atomic mass is 10.3. The highest BCUT2D eigenvalue weighted by atomic mass is 79.9. The van der Waals surface area contributed by atoms with Gasteiger partial charge in [-0.15, -0.1) is 12.4 Å². The lowest BCUT2D eigenvalue weighted by molar-refractivity contribution is 0.0980. The number of likely N-dealkylation sites (N-methyl/N-ethyl adjacent to an activating group) is 1. The van der Waals surface area contributed by atoms with Crippen molar-refractivity contribution in [3.63, 3.8) is 0 Å². The maximum atomic E-state index is 12.9. The van der Waals surface area contributed by atoms with Crippen molar-refractivity contribution < 1.29 is 4.79 Å². The van der Waals surface area contributed by atoms with Crippen molar-refractivity contribution in [2.45, 2.75) is 0 Å². The van der Waals surface area contributed by atoms with Crippen molar-refractivity contribution in [1.82, 2.24) is 19.9 Å². The van der Waals surface area contributed by atoms with Crippen LogP contribution in [0.15, 0.2) is 41.3 Å². The van der Waals surface area contributed by atoms with Gasteiger partial charge in [0.1, 0.15) is 5.69 Å². The summed E-state index contributed by atoms with van der Waals surface area (Å²) in [7, 11) is 3.95. The average molecular weight is 443 g/mol. The number of fused-ring (bicyclic) bond motifs is 1. The van der Waals surface area contributed by atoms with Crippen LogP contribution in [-0.4, -0.2) is 52.9 Å². The Kier molecular flexibility index (Phi) is 6.83. The fourth-order valence-corrected chi connectivity index (χ4v) is 3.68. The lowest BCUT2D eigenvalue weighted by Crippen LogP contribution is -2.37. The Hall–Kier alpha value is -1.61. The number of amides is 1. The van der Waals surface area contributed by atoms with Crippen molar-refractivity contribution in [1.29, 1.82) is 0 Å². The average Bonchev–Trinajstić information content (AvgIpc) is 2.98. The number of benzene rings is 1. The number of carbonyl (C=O) groups excluding carboxylic acids is 1. The third kappa shape index (κ3) is 4.72. The standard InChI is InChI=1S/C16H16BrN5OS.ClH/c1-21(2)7-8-22(15(23)13-10-18-5-6-19-13)16-20-12-4-3-11(17)9-14(12)24-16;/h3-6,9-10H,7-8H2,1-2H3;1H. The molecule has 0 N–H and O–H groups in total. The number of hydrogen-bond donors (Lipinski definition) is 0. The van der Waals surface area contributed by atoms with E-state index in [1.54, 1.807) is 11.1 Å². The number of hydrogen-bond acceptors (Lipinski definition) is 6. The van der Waals surface area contributed by atoms with Crippen LogP contribution in [0.25, 0.3) is 10.2 Å². The molecule has 0 aliphatic carbocycles. The van der Waals surface area contributed by atoms with Gasteiger partial charge in [-0.2, -0.15) is 0 Å². The zero-order chi connectivity index (χ0) is 17.1. The van der Waals surface area contributed by atoms with Gasteiger partial charge >= 0.3 is 0 Å². The number of carbonyl (C=O) groups is 1. The Bertz CT molecular complexity index is 858. The van der Waals surface area contributed by atoms with E-state index >= 15 is 0 Å². The molecule has 25 heavy (non-hydrogen) atoms. The number of halogens is 2. The van der Waals surface area contributed by atoms with Crippen LogP contribution in [0.5, 0.6) is 0 Å². The molecule has 0 bridgehead atoms. The van der Waals surface area contributed by atoms with Gasteiger partial charge in [-0.05, 0) is 32.3 Å². The normalized spacial score (nSPS) is 10.7. The lowest BCUT2D eigenvalue weighted by Gasteiger charge is -2.21. The van der Waals surface area contributed by atoms with E-state index in [1.807, 2.05) is 37.2 Å². The Morgan fingerprint density at radius 3 is 2.72 bits per heavy atom. The highest BCUT2D eigenvalue weighted by molar-refractivity contribution is 9.10. The second-order valence-corrected chi connectivity index (χ2v) is 7.38. The van der Waals surface area contributed by atoms with Gasteiger partial charge in [-0.25, -0.2) is 9.97 Å². The number of thiazole rings is 1. The summed E-state index contributed by atoms with van der Waals surface area (Å²) in [6, 6.07) is 5.89. The quantitative estimate of drug-likeness (QED) is 0.605. The van der Waals surface area contributed by atoms with Crippen LogP contribution in [-0.2, 0) is 0 Å². The Labute approximate surface area is 164 Å². The minimum Gasteiger partial charge on any atom is -0.308 e. The van der Waals surface area contributed by atoms with Gasteiger partial charge in [-0.1, -0.05) is 27.3 Å². The third-order valence-electron chi connectivity index (χ3n) is 3.37. The predicted octanol–water partition coefficient (Wildman–Crippen LogP) is 3.48. The molecular weight excluding hydrogens is 426 g/mol. The van der Waals surface area contributed by atoms with Crippen LogP contribution in [0.4, 0.5) is 5.13 Å². The summed E-state index contributed by atoms with van der Waals surface area (Å²) in [5.74, 6) is -0.192. The van der Waals surface area contributed by atoms with Gasteiger partial charge in [0, 0.05) is 30.0 Å². The first-order valence-corrected chi connectivity index (χ1v) is 8.94. The minimum atomic E-state index is -0.192. The van der Waals surface area contributed by atoms with Gasteiger partial charge in [0.05, 0.1) is 16.4 Å². The van der Waals surface area contributed by atoms with Crippen LogP contribution in [0, 0.1) is 0 Å². The summed E-state index contributed by atoms with van der Waals surface area (Å²) in [5, 5.41) is 0.667. The van der Waals surface area contributed by atoms with E-state index in [-0.39, 0.29) is 18.3 Å². The summed E-state index contributed by atoms with van der Waals surface area (Å²) in [6.45, 7) is 1.26. The molecule has 0 radical (unpaired) electrons. The van der Waals surface area contributed by atoms with Crippen LogP contribution in [0.2, 0.25) is 0 Å². The zero-order valence-electron chi connectivity index (χ0n) is 13.7.